The average molecular weight is 155 g/mol. The second-order valence-electron chi connectivity index (χ2n) is 1.79. The topological polar surface area (TPSA) is 25.8 Å². The molecule has 1 aromatic rings. The van der Waals surface area contributed by atoms with Crippen molar-refractivity contribution in [2.45, 2.75) is 6.42 Å². The van der Waals surface area contributed by atoms with E-state index < -0.39 is 0 Å². The molecule has 0 spiro atoms. The number of halogens is 1. The zero-order valence-corrected chi connectivity index (χ0v) is 6.17. The minimum Gasteiger partial charge on any atom is -0.241 e. The molecule has 0 aliphatic heterocycles. The van der Waals surface area contributed by atoms with E-state index in [0.717, 1.165) is 0 Å². The fourth-order valence-electron chi connectivity index (χ4n) is 0.602. The van der Waals surface area contributed by atoms with Gasteiger partial charge in [0.15, 0.2) is 0 Å². The van der Waals surface area contributed by atoms with Crippen LogP contribution in [0, 0.1) is 0 Å². The van der Waals surface area contributed by atoms with Crippen LogP contribution in [0.15, 0.2) is 24.9 Å². The highest BCUT2D eigenvalue weighted by Crippen LogP contribution is 2.02. The van der Waals surface area contributed by atoms with Crippen molar-refractivity contribution in [2.24, 2.45) is 0 Å². The summed E-state index contributed by atoms with van der Waals surface area (Å²) < 4.78 is 0. The highest BCUT2D eigenvalue weighted by atomic mass is 35.5. The Morgan fingerprint density at radius 1 is 1.70 bits per heavy atom. The number of allylic oxidation sites excluding steroid dienone is 1. The van der Waals surface area contributed by atoms with Gasteiger partial charge in [-0.2, -0.15) is 0 Å². The summed E-state index contributed by atoms with van der Waals surface area (Å²) in [4.78, 5) is 7.91. The summed E-state index contributed by atoms with van der Waals surface area (Å²) in [5, 5.41) is 0.479. The van der Waals surface area contributed by atoms with Crippen molar-refractivity contribution >= 4 is 11.6 Å². The molecule has 0 N–H and O–H groups in total. The van der Waals surface area contributed by atoms with E-state index >= 15 is 0 Å². The van der Waals surface area contributed by atoms with E-state index in [9.17, 15) is 0 Å². The van der Waals surface area contributed by atoms with E-state index in [0.29, 0.717) is 17.4 Å². The first-order chi connectivity index (χ1) is 4.83. The molecule has 0 aliphatic carbocycles. The normalized spacial score (nSPS) is 9.30. The van der Waals surface area contributed by atoms with Gasteiger partial charge in [0.1, 0.15) is 11.0 Å². The van der Waals surface area contributed by atoms with Gasteiger partial charge in [-0.25, -0.2) is 9.97 Å². The van der Waals surface area contributed by atoms with E-state index in [-0.39, 0.29) is 0 Å². The lowest BCUT2D eigenvalue weighted by Crippen LogP contribution is -1.90. The zero-order valence-electron chi connectivity index (χ0n) is 5.42. The Balaban J connectivity index is 2.84. The van der Waals surface area contributed by atoms with Gasteiger partial charge in [-0.15, -0.1) is 6.58 Å². The maximum Gasteiger partial charge on any atom is 0.133 e. The average Bonchev–Trinajstić information content (AvgIpc) is 1.88. The fourth-order valence-corrected chi connectivity index (χ4v) is 0.756. The molecule has 0 aliphatic rings. The Labute approximate surface area is 64.6 Å². The Kier molecular flexibility index (Phi) is 2.40. The van der Waals surface area contributed by atoms with E-state index in [2.05, 4.69) is 16.5 Å². The summed E-state index contributed by atoms with van der Waals surface area (Å²) in [7, 11) is 0. The van der Waals surface area contributed by atoms with E-state index in [1.807, 2.05) is 0 Å². The molecule has 1 heterocycles. The van der Waals surface area contributed by atoms with Crippen LogP contribution in [-0.2, 0) is 6.42 Å². The molecule has 1 aromatic heterocycles. The van der Waals surface area contributed by atoms with Crippen LogP contribution >= 0.6 is 11.6 Å². The van der Waals surface area contributed by atoms with Gasteiger partial charge < -0.3 is 0 Å². The molecule has 0 atom stereocenters. The third kappa shape index (κ3) is 1.81. The van der Waals surface area contributed by atoms with Gasteiger partial charge in [-0.1, -0.05) is 17.7 Å². The second-order valence-corrected chi connectivity index (χ2v) is 2.18. The Bertz CT molecular complexity index is 235. The maximum absolute atomic E-state index is 5.60. The van der Waals surface area contributed by atoms with Crippen LogP contribution in [0.1, 0.15) is 5.82 Å². The predicted molar refractivity (Wildman–Crippen MR) is 40.9 cm³/mol. The van der Waals surface area contributed by atoms with Crippen molar-refractivity contribution in [3.63, 3.8) is 0 Å². The molecule has 1 rings (SSSR count). The highest BCUT2D eigenvalue weighted by Gasteiger charge is 1.92. The zero-order chi connectivity index (χ0) is 7.40. The summed E-state index contributed by atoms with van der Waals surface area (Å²) >= 11 is 5.60. The van der Waals surface area contributed by atoms with Gasteiger partial charge in [0.05, 0.1) is 0 Å². The number of hydrogen-bond donors (Lipinski definition) is 0. The molecule has 0 fully saturated rings. The van der Waals surface area contributed by atoms with Crippen molar-refractivity contribution < 1.29 is 0 Å². The molecular weight excluding hydrogens is 148 g/mol. The molecule has 3 heteroatoms. The fraction of sp³-hybridized carbons (Fsp3) is 0.143. The number of aromatic nitrogens is 2. The van der Waals surface area contributed by atoms with Gasteiger partial charge in [-0.3, -0.25) is 0 Å². The molecule has 0 saturated heterocycles. The van der Waals surface area contributed by atoms with Crippen molar-refractivity contribution in [2.75, 3.05) is 0 Å². The molecule has 0 unspecified atom stereocenters. The Morgan fingerprint density at radius 3 is 3.10 bits per heavy atom. The van der Waals surface area contributed by atoms with E-state index in [1.54, 1.807) is 18.3 Å². The van der Waals surface area contributed by atoms with Gasteiger partial charge in [-0.05, 0) is 6.07 Å². The van der Waals surface area contributed by atoms with Crippen molar-refractivity contribution in [1.29, 1.82) is 0 Å². The monoisotopic (exact) mass is 154 g/mol. The minimum absolute atomic E-state index is 0.479. The van der Waals surface area contributed by atoms with Crippen LogP contribution in [0.25, 0.3) is 0 Å². The number of rotatable bonds is 2. The van der Waals surface area contributed by atoms with Crippen LogP contribution in [0.2, 0.25) is 5.15 Å². The number of hydrogen-bond acceptors (Lipinski definition) is 2. The van der Waals surface area contributed by atoms with Gasteiger partial charge in [0.25, 0.3) is 0 Å². The first-order valence-corrected chi connectivity index (χ1v) is 3.29. The molecular formula is C7H7ClN2. The van der Waals surface area contributed by atoms with Crippen LogP contribution in [0.4, 0.5) is 0 Å². The largest absolute Gasteiger partial charge is 0.241 e. The van der Waals surface area contributed by atoms with Crippen molar-refractivity contribution in [3.8, 4) is 0 Å². The van der Waals surface area contributed by atoms with Gasteiger partial charge >= 0.3 is 0 Å². The van der Waals surface area contributed by atoms with Crippen LogP contribution in [0.3, 0.4) is 0 Å². The minimum atomic E-state index is 0.479. The third-order valence-electron chi connectivity index (χ3n) is 0.998. The van der Waals surface area contributed by atoms with Crippen LogP contribution in [-0.4, -0.2) is 9.97 Å². The first kappa shape index (κ1) is 7.22. The van der Waals surface area contributed by atoms with E-state index in [4.69, 9.17) is 11.6 Å². The molecule has 52 valence electrons. The Hall–Kier alpha value is -0.890. The number of nitrogens with zero attached hydrogens (tertiary/aromatic N) is 2. The summed E-state index contributed by atoms with van der Waals surface area (Å²) in [6, 6.07) is 1.65. The quantitative estimate of drug-likeness (QED) is 0.480. The summed E-state index contributed by atoms with van der Waals surface area (Å²) in [6.45, 7) is 3.56. The van der Waals surface area contributed by atoms with Gasteiger partial charge in [0, 0.05) is 12.6 Å². The predicted octanol–water partition coefficient (Wildman–Crippen LogP) is 1.86. The molecule has 0 amide bonds. The standard InChI is InChI=1S/C7H7ClN2/c1-2-3-7-9-5-4-6(8)10-7/h2,4-5H,1,3H2. The van der Waals surface area contributed by atoms with Crippen LogP contribution < -0.4 is 0 Å². The lowest BCUT2D eigenvalue weighted by atomic mass is 10.4. The third-order valence-corrected chi connectivity index (χ3v) is 1.21. The van der Waals surface area contributed by atoms with E-state index in [1.165, 1.54) is 0 Å². The SMILES string of the molecule is C=CCc1nccc(Cl)n1. The highest BCUT2D eigenvalue weighted by molar-refractivity contribution is 6.29. The lowest BCUT2D eigenvalue weighted by Gasteiger charge is -1.92. The molecule has 0 radical (unpaired) electrons. The molecule has 0 saturated carbocycles. The molecule has 10 heavy (non-hydrogen) atoms. The van der Waals surface area contributed by atoms with Gasteiger partial charge in [0.2, 0.25) is 0 Å². The Morgan fingerprint density at radius 2 is 2.50 bits per heavy atom. The van der Waals surface area contributed by atoms with Crippen molar-refractivity contribution in [3.05, 3.63) is 35.9 Å². The second kappa shape index (κ2) is 3.32. The summed E-state index contributed by atoms with van der Waals surface area (Å²) in [5.74, 6) is 0.711. The lowest BCUT2D eigenvalue weighted by molar-refractivity contribution is 0.991. The molecule has 0 aromatic carbocycles. The summed E-state index contributed by atoms with van der Waals surface area (Å²) in [5.41, 5.74) is 0. The first-order valence-electron chi connectivity index (χ1n) is 2.91. The smallest absolute Gasteiger partial charge is 0.133 e. The molecule has 0 bridgehead atoms. The van der Waals surface area contributed by atoms with Crippen LogP contribution in [0.5, 0.6) is 0 Å². The molecule has 2 nitrogen and oxygen atoms in total. The van der Waals surface area contributed by atoms with Crippen molar-refractivity contribution in [1.82, 2.24) is 9.97 Å². The maximum atomic E-state index is 5.60. The summed E-state index contributed by atoms with van der Waals surface area (Å²) in [6.07, 6.45) is 4.04.